The van der Waals surface area contributed by atoms with E-state index in [-0.39, 0.29) is 5.56 Å². The number of piperidine rings is 1. The lowest BCUT2D eigenvalue weighted by Gasteiger charge is -2.34. The van der Waals surface area contributed by atoms with Crippen LogP contribution in [0.25, 0.3) is 0 Å². The maximum atomic E-state index is 12.7. The zero-order valence-electron chi connectivity index (χ0n) is 11.9. The highest BCUT2D eigenvalue weighted by molar-refractivity contribution is 5.61. The van der Waals surface area contributed by atoms with Crippen LogP contribution in [0.2, 0.25) is 0 Å². The lowest BCUT2D eigenvalue weighted by atomic mass is 9.95. The van der Waals surface area contributed by atoms with Crippen molar-refractivity contribution in [3.63, 3.8) is 0 Å². The van der Waals surface area contributed by atoms with Gasteiger partial charge in [0.1, 0.15) is 6.07 Å². The molecule has 1 aromatic carbocycles. The van der Waals surface area contributed by atoms with E-state index >= 15 is 0 Å². The first-order valence-corrected chi connectivity index (χ1v) is 6.96. The van der Waals surface area contributed by atoms with Crippen LogP contribution in [0.5, 0.6) is 0 Å². The topological polar surface area (TPSA) is 39.1 Å². The van der Waals surface area contributed by atoms with Gasteiger partial charge in [0.05, 0.1) is 16.8 Å². The Balaban J connectivity index is 2.16. The van der Waals surface area contributed by atoms with Crippen LogP contribution < -0.4 is 10.2 Å². The third-order valence-corrected chi connectivity index (χ3v) is 3.89. The third kappa shape index (κ3) is 3.67. The molecule has 0 spiro atoms. The Bertz CT molecular complexity index is 526. The predicted molar refractivity (Wildman–Crippen MR) is 75.0 cm³/mol. The zero-order valence-corrected chi connectivity index (χ0v) is 11.9. The van der Waals surface area contributed by atoms with Crippen molar-refractivity contribution in [2.24, 2.45) is 5.92 Å². The lowest BCUT2D eigenvalue weighted by molar-refractivity contribution is -0.137. The van der Waals surface area contributed by atoms with Crippen LogP contribution in [-0.2, 0) is 6.18 Å². The second kappa shape index (κ2) is 6.35. The molecule has 1 aliphatic rings. The van der Waals surface area contributed by atoms with Gasteiger partial charge in [-0.25, -0.2) is 0 Å². The molecule has 0 radical (unpaired) electrons. The first-order valence-electron chi connectivity index (χ1n) is 6.96. The molecular formula is C15H18F3N3. The monoisotopic (exact) mass is 297 g/mol. The number of rotatable bonds is 3. The number of alkyl halides is 3. The van der Waals surface area contributed by atoms with E-state index in [1.807, 2.05) is 18.0 Å². The SMILES string of the molecule is CNCC1CCN(c2ccc(C(F)(F)F)cc2C#N)CC1. The van der Waals surface area contributed by atoms with Crippen molar-refractivity contribution in [2.75, 3.05) is 31.6 Å². The summed E-state index contributed by atoms with van der Waals surface area (Å²) in [6, 6.07) is 5.30. The average Bonchev–Trinajstić information content (AvgIpc) is 2.47. The minimum Gasteiger partial charge on any atom is -0.370 e. The Labute approximate surface area is 122 Å². The number of nitrogens with one attached hydrogen (secondary N) is 1. The second-order valence-corrected chi connectivity index (χ2v) is 5.33. The third-order valence-electron chi connectivity index (χ3n) is 3.89. The van der Waals surface area contributed by atoms with E-state index in [9.17, 15) is 13.2 Å². The van der Waals surface area contributed by atoms with Gasteiger partial charge in [-0.1, -0.05) is 0 Å². The van der Waals surface area contributed by atoms with Gasteiger partial charge >= 0.3 is 6.18 Å². The van der Waals surface area contributed by atoms with E-state index in [1.54, 1.807) is 0 Å². The largest absolute Gasteiger partial charge is 0.416 e. The first-order chi connectivity index (χ1) is 9.95. The Kier molecular flexibility index (Phi) is 4.73. The Morgan fingerprint density at radius 3 is 2.52 bits per heavy atom. The summed E-state index contributed by atoms with van der Waals surface area (Å²) in [6.45, 7) is 2.49. The van der Waals surface area contributed by atoms with E-state index in [0.29, 0.717) is 11.6 Å². The molecule has 1 fully saturated rings. The molecule has 21 heavy (non-hydrogen) atoms. The molecule has 3 nitrogen and oxygen atoms in total. The fourth-order valence-corrected chi connectivity index (χ4v) is 2.74. The molecule has 1 heterocycles. The molecule has 0 aliphatic carbocycles. The van der Waals surface area contributed by atoms with Crippen LogP contribution in [0.3, 0.4) is 0 Å². The molecule has 0 atom stereocenters. The Hall–Kier alpha value is -1.74. The molecule has 114 valence electrons. The molecule has 1 aromatic rings. The molecule has 6 heteroatoms. The number of nitrogens with zero attached hydrogens (tertiary/aromatic N) is 2. The van der Waals surface area contributed by atoms with Gasteiger partial charge < -0.3 is 10.2 Å². The molecule has 1 N–H and O–H groups in total. The van der Waals surface area contributed by atoms with Crippen molar-refractivity contribution in [3.05, 3.63) is 29.3 Å². The van der Waals surface area contributed by atoms with Gasteiger partial charge in [-0.05, 0) is 50.6 Å². The average molecular weight is 297 g/mol. The molecule has 0 amide bonds. The molecular weight excluding hydrogens is 279 g/mol. The minimum atomic E-state index is -4.41. The fraction of sp³-hybridized carbons (Fsp3) is 0.533. The van der Waals surface area contributed by atoms with Crippen molar-refractivity contribution in [2.45, 2.75) is 19.0 Å². The minimum absolute atomic E-state index is 0.0943. The van der Waals surface area contributed by atoms with Gasteiger partial charge in [-0.2, -0.15) is 18.4 Å². The van der Waals surface area contributed by atoms with E-state index in [4.69, 9.17) is 5.26 Å². The summed E-state index contributed by atoms with van der Waals surface area (Å²) in [4.78, 5) is 2.00. The van der Waals surface area contributed by atoms with Crippen molar-refractivity contribution < 1.29 is 13.2 Å². The van der Waals surface area contributed by atoms with Crippen LogP contribution in [0.15, 0.2) is 18.2 Å². The van der Waals surface area contributed by atoms with Crippen LogP contribution in [0, 0.1) is 17.2 Å². The number of nitriles is 1. The van der Waals surface area contributed by atoms with Crippen molar-refractivity contribution in [1.29, 1.82) is 5.26 Å². The number of anilines is 1. The smallest absolute Gasteiger partial charge is 0.370 e. The number of hydrogen-bond acceptors (Lipinski definition) is 3. The zero-order chi connectivity index (χ0) is 15.5. The molecule has 0 aromatic heterocycles. The molecule has 0 saturated carbocycles. The van der Waals surface area contributed by atoms with Crippen LogP contribution in [-0.4, -0.2) is 26.7 Å². The summed E-state index contributed by atoms with van der Waals surface area (Å²) >= 11 is 0. The first kappa shape index (κ1) is 15.6. The van der Waals surface area contributed by atoms with Gasteiger partial charge in [0.2, 0.25) is 0 Å². The molecule has 1 saturated heterocycles. The Morgan fingerprint density at radius 2 is 2.00 bits per heavy atom. The standard InChI is InChI=1S/C15H18F3N3/c1-20-10-11-4-6-21(7-5-11)14-3-2-13(15(16,17)18)8-12(14)9-19/h2-3,8,11,20H,4-7,10H2,1H3. The predicted octanol–water partition coefficient (Wildman–Crippen LogP) is 3.01. The fourth-order valence-electron chi connectivity index (χ4n) is 2.74. The van der Waals surface area contributed by atoms with E-state index in [2.05, 4.69) is 5.32 Å². The highest BCUT2D eigenvalue weighted by atomic mass is 19.4. The lowest BCUT2D eigenvalue weighted by Crippen LogP contribution is -2.37. The quantitative estimate of drug-likeness (QED) is 0.932. The van der Waals surface area contributed by atoms with E-state index < -0.39 is 11.7 Å². The molecule has 0 bridgehead atoms. The van der Waals surface area contributed by atoms with Crippen molar-refractivity contribution in [1.82, 2.24) is 5.32 Å². The number of halogens is 3. The van der Waals surface area contributed by atoms with Crippen LogP contribution in [0.1, 0.15) is 24.0 Å². The summed E-state index contributed by atoms with van der Waals surface area (Å²) < 4.78 is 38.1. The summed E-state index contributed by atoms with van der Waals surface area (Å²) in [5, 5.41) is 12.3. The Morgan fingerprint density at radius 1 is 1.33 bits per heavy atom. The second-order valence-electron chi connectivity index (χ2n) is 5.33. The van der Waals surface area contributed by atoms with Gasteiger partial charge in [0, 0.05) is 13.1 Å². The number of benzene rings is 1. The van der Waals surface area contributed by atoms with Crippen LogP contribution in [0.4, 0.5) is 18.9 Å². The summed E-state index contributed by atoms with van der Waals surface area (Å²) in [5.41, 5.74) is -0.0711. The van der Waals surface area contributed by atoms with E-state index in [1.165, 1.54) is 6.07 Å². The summed E-state index contributed by atoms with van der Waals surface area (Å²) in [6.07, 6.45) is -2.45. The highest BCUT2D eigenvalue weighted by Crippen LogP contribution is 2.33. The van der Waals surface area contributed by atoms with Gasteiger partial charge in [-0.15, -0.1) is 0 Å². The summed E-state index contributed by atoms with van der Waals surface area (Å²) in [7, 11) is 1.91. The van der Waals surface area contributed by atoms with Gasteiger partial charge in [0.25, 0.3) is 0 Å². The van der Waals surface area contributed by atoms with Gasteiger partial charge in [-0.3, -0.25) is 0 Å². The molecule has 2 rings (SSSR count). The maximum Gasteiger partial charge on any atom is 0.416 e. The van der Waals surface area contributed by atoms with Crippen molar-refractivity contribution in [3.8, 4) is 6.07 Å². The molecule has 1 aliphatic heterocycles. The van der Waals surface area contributed by atoms with Crippen molar-refractivity contribution >= 4 is 5.69 Å². The van der Waals surface area contributed by atoms with E-state index in [0.717, 1.165) is 44.6 Å². The summed E-state index contributed by atoms with van der Waals surface area (Å²) in [5.74, 6) is 0.589. The van der Waals surface area contributed by atoms with Gasteiger partial charge in [0.15, 0.2) is 0 Å². The number of hydrogen-bond donors (Lipinski definition) is 1. The molecule has 0 unspecified atom stereocenters. The maximum absolute atomic E-state index is 12.7. The highest BCUT2D eigenvalue weighted by Gasteiger charge is 2.31. The normalized spacial score (nSPS) is 16.8. The van der Waals surface area contributed by atoms with Crippen LogP contribution >= 0.6 is 0 Å².